The monoisotopic (exact) mass is 483 g/mol. The van der Waals surface area contributed by atoms with E-state index in [0.717, 1.165) is 30.2 Å². The van der Waals surface area contributed by atoms with Crippen molar-refractivity contribution in [1.29, 1.82) is 0 Å². The summed E-state index contributed by atoms with van der Waals surface area (Å²) in [4.78, 5) is 30.4. The van der Waals surface area contributed by atoms with Crippen molar-refractivity contribution in [2.75, 3.05) is 35.7 Å². The molecule has 2 aromatic carbocycles. The lowest BCUT2D eigenvalue weighted by Crippen LogP contribution is -2.53. The van der Waals surface area contributed by atoms with E-state index in [4.69, 9.17) is 9.47 Å². The zero-order chi connectivity index (χ0) is 24.9. The van der Waals surface area contributed by atoms with E-state index >= 15 is 0 Å². The first-order valence-corrected chi connectivity index (χ1v) is 11.4. The van der Waals surface area contributed by atoms with E-state index in [9.17, 15) is 9.59 Å². The number of ether oxygens (including phenoxy) is 2. The van der Waals surface area contributed by atoms with Crippen LogP contribution in [0.4, 0.5) is 21.9 Å². The van der Waals surface area contributed by atoms with Gasteiger partial charge in [-0.05, 0) is 54.6 Å². The average Bonchev–Trinajstić information content (AvgIpc) is 3.36. The molecule has 3 heterocycles. The highest BCUT2D eigenvalue weighted by Crippen LogP contribution is 2.27. The second-order valence-electron chi connectivity index (χ2n) is 8.28. The van der Waals surface area contributed by atoms with Gasteiger partial charge in [0, 0.05) is 24.3 Å². The molecular formula is C27H25N5O4. The van der Waals surface area contributed by atoms with Gasteiger partial charge in [-0.1, -0.05) is 12.1 Å². The van der Waals surface area contributed by atoms with Gasteiger partial charge in [-0.2, -0.15) is 0 Å². The number of rotatable bonds is 7. The molecule has 2 N–H and O–H groups in total. The number of nitrogens with one attached hydrogen (secondary N) is 2. The van der Waals surface area contributed by atoms with Crippen molar-refractivity contribution in [2.24, 2.45) is 0 Å². The lowest BCUT2D eigenvalue weighted by molar-refractivity contribution is 0.0600. The topological polar surface area (TPSA) is 97.7 Å². The predicted octanol–water partition coefficient (Wildman–Crippen LogP) is 4.57. The number of carbonyl (C=O) groups excluding carboxylic acids is 2. The van der Waals surface area contributed by atoms with E-state index in [-0.39, 0.29) is 18.1 Å². The molecule has 36 heavy (non-hydrogen) atoms. The maximum absolute atomic E-state index is 12.1. The van der Waals surface area contributed by atoms with Gasteiger partial charge in [0.25, 0.3) is 0 Å². The van der Waals surface area contributed by atoms with Crippen LogP contribution in [0.15, 0.2) is 91.5 Å². The molecule has 9 nitrogen and oxygen atoms in total. The first-order chi connectivity index (χ1) is 17.6. The highest BCUT2D eigenvalue weighted by atomic mass is 16.5. The molecule has 1 saturated heterocycles. The number of nitrogens with zero attached hydrogens (tertiary/aromatic N) is 3. The molecule has 0 spiro atoms. The maximum Gasteiger partial charge on any atom is 0.339 e. The van der Waals surface area contributed by atoms with Gasteiger partial charge in [0.15, 0.2) is 0 Å². The van der Waals surface area contributed by atoms with Gasteiger partial charge in [-0.25, -0.2) is 9.59 Å². The van der Waals surface area contributed by atoms with E-state index in [1.165, 1.54) is 7.11 Å². The maximum atomic E-state index is 12.1. The Morgan fingerprint density at radius 1 is 0.944 bits per heavy atom. The van der Waals surface area contributed by atoms with Gasteiger partial charge >= 0.3 is 12.0 Å². The van der Waals surface area contributed by atoms with Crippen LogP contribution < -0.4 is 20.3 Å². The standard InChI is InChI=1S/C27H25N5O4/c1-35-26(33)24-6-2-3-7-25(24)31-14-12-21(16-31)32-17-23(18-32)36-22-10-8-19(9-11-22)29-27(34)30-20-5-4-13-28-15-20/h2-16,23H,17-18H2,1H3,(H2,29,30,34). The third-order valence-electron chi connectivity index (χ3n) is 5.81. The number of pyridine rings is 1. The molecule has 1 aliphatic rings. The van der Waals surface area contributed by atoms with Gasteiger partial charge in [-0.3, -0.25) is 4.98 Å². The van der Waals surface area contributed by atoms with Gasteiger partial charge in [0.05, 0.1) is 49.0 Å². The van der Waals surface area contributed by atoms with Gasteiger partial charge in [0.2, 0.25) is 0 Å². The normalized spacial score (nSPS) is 13.0. The lowest BCUT2D eigenvalue weighted by atomic mass is 10.1. The summed E-state index contributed by atoms with van der Waals surface area (Å²) in [5.74, 6) is 0.371. The quantitative estimate of drug-likeness (QED) is 0.374. The first kappa shape index (κ1) is 23.0. The smallest absolute Gasteiger partial charge is 0.339 e. The molecule has 4 aromatic rings. The SMILES string of the molecule is COC(=O)c1ccccc1-n1ccc(N2CC(Oc3ccc(NC(=O)Nc4cccnc4)cc3)C2)c1. The molecule has 1 aliphatic heterocycles. The molecule has 0 bridgehead atoms. The Hall–Kier alpha value is -4.79. The van der Waals surface area contributed by atoms with Crippen LogP contribution in [0.3, 0.4) is 0 Å². The highest BCUT2D eigenvalue weighted by molar-refractivity contribution is 5.99. The summed E-state index contributed by atoms with van der Waals surface area (Å²) in [5, 5.41) is 5.51. The lowest BCUT2D eigenvalue weighted by Gasteiger charge is -2.40. The summed E-state index contributed by atoms with van der Waals surface area (Å²) in [6.45, 7) is 1.49. The number of aromatic nitrogens is 2. The summed E-state index contributed by atoms with van der Waals surface area (Å²) in [5.41, 5.74) is 3.61. The van der Waals surface area contributed by atoms with Gasteiger partial charge in [-0.15, -0.1) is 0 Å². The molecule has 5 rings (SSSR count). The van der Waals surface area contributed by atoms with Crippen LogP contribution in [-0.2, 0) is 4.74 Å². The Balaban J connectivity index is 1.13. The predicted molar refractivity (Wildman–Crippen MR) is 137 cm³/mol. The van der Waals surface area contributed by atoms with Crippen LogP contribution >= 0.6 is 0 Å². The van der Waals surface area contributed by atoms with Crippen LogP contribution in [0.25, 0.3) is 5.69 Å². The van der Waals surface area contributed by atoms with E-state index < -0.39 is 0 Å². The molecule has 0 saturated carbocycles. The minimum absolute atomic E-state index is 0.0587. The molecule has 0 unspecified atom stereocenters. The third-order valence-corrected chi connectivity index (χ3v) is 5.81. The van der Waals surface area contributed by atoms with Crippen LogP contribution in [0.5, 0.6) is 5.75 Å². The Bertz CT molecular complexity index is 1350. The number of esters is 1. The molecule has 1 fully saturated rings. The third kappa shape index (κ3) is 5.15. The van der Waals surface area contributed by atoms with E-state index in [1.54, 1.807) is 42.7 Å². The summed E-state index contributed by atoms with van der Waals surface area (Å²) in [6, 6.07) is 19.8. The van der Waals surface area contributed by atoms with Gasteiger partial charge < -0.3 is 29.6 Å². The van der Waals surface area contributed by atoms with Crippen molar-refractivity contribution in [3.05, 3.63) is 97.1 Å². The van der Waals surface area contributed by atoms with Crippen LogP contribution in [0, 0.1) is 0 Å². The number of anilines is 3. The van der Waals surface area contributed by atoms with Crippen molar-refractivity contribution in [2.45, 2.75) is 6.10 Å². The fourth-order valence-electron chi connectivity index (χ4n) is 3.97. The van der Waals surface area contributed by atoms with Crippen LogP contribution in [0.2, 0.25) is 0 Å². The average molecular weight is 484 g/mol. The molecule has 0 aliphatic carbocycles. The van der Waals surface area contributed by atoms with Crippen LogP contribution in [-0.4, -0.2) is 47.9 Å². The number of amides is 2. The summed E-state index contributed by atoms with van der Waals surface area (Å²) in [6.07, 6.45) is 7.21. The Kier molecular flexibility index (Phi) is 6.53. The second kappa shape index (κ2) is 10.2. The Labute approximate surface area is 208 Å². The molecule has 9 heteroatoms. The van der Waals surface area contributed by atoms with Crippen molar-refractivity contribution in [1.82, 2.24) is 9.55 Å². The summed E-state index contributed by atoms with van der Waals surface area (Å²) < 4.78 is 12.9. The Morgan fingerprint density at radius 2 is 1.72 bits per heavy atom. The number of para-hydroxylation sites is 1. The largest absolute Gasteiger partial charge is 0.487 e. The van der Waals surface area contributed by atoms with E-state index in [2.05, 4.69) is 20.5 Å². The zero-order valence-corrected chi connectivity index (χ0v) is 19.6. The molecule has 0 radical (unpaired) electrons. The fraction of sp³-hybridized carbons (Fsp3) is 0.148. The summed E-state index contributed by atoms with van der Waals surface area (Å²) in [7, 11) is 1.38. The minimum Gasteiger partial charge on any atom is -0.487 e. The Morgan fingerprint density at radius 3 is 2.47 bits per heavy atom. The summed E-state index contributed by atoms with van der Waals surface area (Å²) >= 11 is 0. The van der Waals surface area contributed by atoms with Crippen molar-refractivity contribution < 1.29 is 19.1 Å². The second-order valence-corrected chi connectivity index (χ2v) is 8.28. The molecular weight excluding hydrogens is 458 g/mol. The number of hydrogen-bond acceptors (Lipinski definition) is 6. The van der Waals surface area contributed by atoms with Crippen molar-refractivity contribution in [3.8, 4) is 11.4 Å². The molecule has 2 amide bonds. The first-order valence-electron chi connectivity index (χ1n) is 11.4. The van der Waals surface area contributed by atoms with Gasteiger partial charge in [0.1, 0.15) is 11.9 Å². The number of urea groups is 1. The van der Waals surface area contributed by atoms with E-state index in [1.807, 2.05) is 53.4 Å². The highest BCUT2D eigenvalue weighted by Gasteiger charge is 2.29. The number of hydrogen-bond donors (Lipinski definition) is 2. The molecule has 182 valence electrons. The minimum atomic E-state index is -0.367. The number of methoxy groups -OCH3 is 1. The van der Waals surface area contributed by atoms with E-state index in [0.29, 0.717) is 16.9 Å². The zero-order valence-electron chi connectivity index (χ0n) is 19.6. The van der Waals surface area contributed by atoms with Crippen LogP contribution in [0.1, 0.15) is 10.4 Å². The number of benzene rings is 2. The van der Waals surface area contributed by atoms with Crippen molar-refractivity contribution >= 4 is 29.1 Å². The molecule has 2 aromatic heterocycles. The fourth-order valence-corrected chi connectivity index (χ4v) is 3.97. The van der Waals surface area contributed by atoms with Crippen molar-refractivity contribution in [3.63, 3.8) is 0 Å². The number of carbonyl (C=O) groups is 2. The molecule has 0 atom stereocenters.